The summed E-state index contributed by atoms with van der Waals surface area (Å²) in [4.78, 5) is 12.1. The van der Waals surface area contributed by atoms with Crippen LogP contribution in [0.1, 0.15) is 50.8 Å². The van der Waals surface area contributed by atoms with Crippen LogP contribution in [0.15, 0.2) is 10.9 Å². The Bertz CT molecular complexity index is 467. The maximum Gasteiger partial charge on any atom is 0.267 e. The molecule has 4 nitrogen and oxygen atoms in total. The van der Waals surface area contributed by atoms with Gasteiger partial charge in [0.1, 0.15) is 0 Å². The summed E-state index contributed by atoms with van der Waals surface area (Å²) in [6.45, 7) is 6.93. The molecule has 1 aliphatic heterocycles. The zero-order chi connectivity index (χ0) is 13.7. The molecule has 0 bridgehead atoms. The first-order valence-electron chi connectivity index (χ1n) is 7.55. The Morgan fingerprint density at radius 1 is 1.47 bits per heavy atom. The van der Waals surface area contributed by atoms with E-state index in [1.807, 2.05) is 0 Å². The summed E-state index contributed by atoms with van der Waals surface area (Å²) in [6.07, 6.45) is 5.70. The summed E-state index contributed by atoms with van der Waals surface area (Å²) in [5.41, 5.74) is 2.23. The van der Waals surface area contributed by atoms with Crippen molar-refractivity contribution in [1.29, 1.82) is 0 Å². The summed E-state index contributed by atoms with van der Waals surface area (Å²) < 4.78 is 1.69. The molecule has 0 spiro atoms. The largest absolute Gasteiger partial charge is 0.312 e. The summed E-state index contributed by atoms with van der Waals surface area (Å²) in [5.74, 6) is 0.574. The quantitative estimate of drug-likeness (QED) is 0.855. The highest BCUT2D eigenvalue weighted by molar-refractivity contribution is 5.20. The molecule has 2 heterocycles. The third-order valence-electron chi connectivity index (χ3n) is 3.99. The molecule has 1 aromatic rings. The molecule has 0 aromatic carbocycles. The minimum atomic E-state index is 0.0531. The van der Waals surface area contributed by atoms with Crippen LogP contribution < -0.4 is 10.9 Å². The van der Waals surface area contributed by atoms with Crippen LogP contribution >= 0.6 is 0 Å². The second-order valence-corrected chi connectivity index (χ2v) is 5.48. The van der Waals surface area contributed by atoms with Crippen molar-refractivity contribution in [3.63, 3.8) is 0 Å². The number of fused-ring (bicyclic) bond motifs is 1. The zero-order valence-corrected chi connectivity index (χ0v) is 12.1. The van der Waals surface area contributed by atoms with Gasteiger partial charge in [0.15, 0.2) is 0 Å². The number of aromatic nitrogens is 2. The maximum absolute atomic E-state index is 12.1. The van der Waals surface area contributed by atoms with E-state index in [0.717, 1.165) is 43.7 Å². The molecule has 106 valence electrons. The van der Waals surface area contributed by atoms with Gasteiger partial charge in [-0.3, -0.25) is 4.79 Å². The van der Waals surface area contributed by atoms with E-state index in [4.69, 9.17) is 0 Å². The van der Waals surface area contributed by atoms with Crippen molar-refractivity contribution in [3.05, 3.63) is 27.7 Å². The van der Waals surface area contributed by atoms with Crippen LogP contribution in [0.2, 0.25) is 0 Å². The first-order chi connectivity index (χ1) is 9.24. The van der Waals surface area contributed by atoms with Gasteiger partial charge in [-0.1, -0.05) is 33.1 Å². The SMILES string of the molecule is CCCCC(CC)Cn1nc2c(cc1=O)CNCC2. The first kappa shape index (κ1) is 14.3. The van der Waals surface area contributed by atoms with Crippen molar-refractivity contribution in [1.82, 2.24) is 15.1 Å². The van der Waals surface area contributed by atoms with Crippen molar-refractivity contribution in [2.24, 2.45) is 5.92 Å². The molecular weight excluding hydrogens is 238 g/mol. The molecule has 0 aliphatic carbocycles. The number of hydrogen-bond acceptors (Lipinski definition) is 3. The van der Waals surface area contributed by atoms with Crippen LogP contribution in [-0.2, 0) is 19.5 Å². The smallest absolute Gasteiger partial charge is 0.267 e. The second-order valence-electron chi connectivity index (χ2n) is 5.48. The molecule has 19 heavy (non-hydrogen) atoms. The first-order valence-corrected chi connectivity index (χ1v) is 7.55. The van der Waals surface area contributed by atoms with Gasteiger partial charge in [0, 0.05) is 32.1 Å². The van der Waals surface area contributed by atoms with Gasteiger partial charge in [-0.2, -0.15) is 5.10 Å². The standard InChI is InChI=1S/C15H25N3O/c1-3-5-6-12(4-2)11-18-15(19)9-13-10-16-8-7-14(13)17-18/h9,12,16H,3-8,10-11H2,1-2H3. The Balaban J connectivity index is 2.13. The van der Waals surface area contributed by atoms with Gasteiger partial charge in [-0.15, -0.1) is 0 Å². The average Bonchev–Trinajstić information content (AvgIpc) is 2.43. The van der Waals surface area contributed by atoms with Gasteiger partial charge in [0.05, 0.1) is 5.69 Å². The van der Waals surface area contributed by atoms with Crippen LogP contribution in [0.3, 0.4) is 0 Å². The van der Waals surface area contributed by atoms with E-state index in [-0.39, 0.29) is 5.56 Å². The van der Waals surface area contributed by atoms with Gasteiger partial charge in [0.25, 0.3) is 5.56 Å². The lowest BCUT2D eigenvalue weighted by Crippen LogP contribution is -2.33. The Kier molecular flexibility index (Phi) is 5.14. The molecule has 1 unspecified atom stereocenters. The summed E-state index contributed by atoms with van der Waals surface area (Å²) in [7, 11) is 0. The highest BCUT2D eigenvalue weighted by atomic mass is 16.1. The van der Waals surface area contributed by atoms with E-state index in [2.05, 4.69) is 24.3 Å². The molecule has 1 aromatic heterocycles. The average molecular weight is 263 g/mol. The Morgan fingerprint density at radius 2 is 2.32 bits per heavy atom. The fraction of sp³-hybridized carbons (Fsp3) is 0.733. The lowest BCUT2D eigenvalue weighted by molar-refractivity contribution is 0.359. The number of hydrogen-bond donors (Lipinski definition) is 1. The van der Waals surface area contributed by atoms with Crippen molar-refractivity contribution in [2.75, 3.05) is 6.54 Å². The minimum absolute atomic E-state index is 0.0531. The Morgan fingerprint density at radius 3 is 3.05 bits per heavy atom. The van der Waals surface area contributed by atoms with E-state index in [9.17, 15) is 4.79 Å². The molecule has 0 fully saturated rings. The van der Waals surface area contributed by atoms with Crippen molar-refractivity contribution < 1.29 is 0 Å². The van der Waals surface area contributed by atoms with Crippen LogP contribution in [0.5, 0.6) is 0 Å². The van der Waals surface area contributed by atoms with E-state index in [1.165, 1.54) is 19.3 Å². The van der Waals surface area contributed by atoms with E-state index >= 15 is 0 Å². The van der Waals surface area contributed by atoms with Gasteiger partial charge in [0.2, 0.25) is 0 Å². The topological polar surface area (TPSA) is 46.9 Å². The van der Waals surface area contributed by atoms with Crippen LogP contribution in [0, 0.1) is 5.92 Å². The predicted molar refractivity (Wildman–Crippen MR) is 77.2 cm³/mol. The van der Waals surface area contributed by atoms with Crippen molar-refractivity contribution >= 4 is 0 Å². The molecule has 1 N–H and O–H groups in total. The highest BCUT2D eigenvalue weighted by Gasteiger charge is 2.14. The van der Waals surface area contributed by atoms with E-state index in [0.29, 0.717) is 5.92 Å². The molecule has 1 aliphatic rings. The highest BCUT2D eigenvalue weighted by Crippen LogP contribution is 2.15. The van der Waals surface area contributed by atoms with Gasteiger partial charge >= 0.3 is 0 Å². The third kappa shape index (κ3) is 3.66. The third-order valence-corrected chi connectivity index (χ3v) is 3.99. The van der Waals surface area contributed by atoms with Gasteiger partial charge in [-0.25, -0.2) is 4.68 Å². The normalized spacial score (nSPS) is 16.1. The Hall–Kier alpha value is -1.16. The van der Waals surface area contributed by atoms with Crippen molar-refractivity contribution in [3.8, 4) is 0 Å². The van der Waals surface area contributed by atoms with Crippen LogP contribution in [0.25, 0.3) is 0 Å². The second kappa shape index (κ2) is 6.85. The number of nitrogens with zero attached hydrogens (tertiary/aromatic N) is 2. The molecular formula is C15H25N3O. The fourth-order valence-corrected chi connectivity index (χ4v) is 2.65. The monoisotopic (exact) mass is 263 g/mol. The minimum Gasteiger partial charge on any atom is -0.312 e. The molecule has 4 heteroatoms. The van der Waals surface area contributed by atoms with Crippen LogP contribution in [0.4, 0.5) is 0 Å². The van der Waals surface area contributed by atoms with E-state index in [1.54, 1.807) is 10.7 Å². The number of nitrogens with one attached hydrogen (secondary N) is 1. The Labute approximate surface area is 115 Å². The maximum atomic E-state index is 12.1. The lowest BCUT2D eigenvalue weighted by Gasteiger charge is -2.19. The van der Waals surface area contributed by atoms with E-state index < -0.39 is 0 Å². The predicted octanol–water partition coefficient (Wildman–Crippen LogP) is 2.11. The van der Waals surface area contributed by atoms with Gasteiger partial charge in [-0.05, 0) is 17.9 Å². The molecule has 0 saturated carbocycles. The van der Waals surface area contributed by atoms with Crippen LogP contribution in [-0.4, -0.2) is 16.3 Å². The zero-order valence-electron chi connectivity index (χ0n) is 12.1. The summed E-state index contributed by atoms with van der Waals surface area (Å²) >= 11 is 0. The molecule has 1 atom stereocenters. The van der Waals surface area contributed by atoms with Gasteiger partial charge < -0.3 is 5.32 Å². The summed E-state index contributed by atoms with van der Waals surface area (Å²) in [5, 5.41) is 7.85. The number of unbranched alkanes of at least 4 members (excludes halogenated alkanes) is 1. The fourth-order valence-electron chi connectivity index (χ4n) is 2.65. The molecule has 0 saturated heterocycles. The molecule has 0 amide bonds. The molecule has 0 radical (unpaired) electrons. The summed E-state index contributed by atoms with van der Waals surface area (Å²) in [6, 6.07) is 1.76. The lowest BCUT2D eigenvalue weighted by atomic mass is 9.99. The van der Waals surface area contributed by atoms with Crippen molar-refractivity contribution in [2.45, 2.75) is 59.0 Å². The molecule has 2 rings (SSSR count). The number of rotatable bonds is 6.